The fourth-order valence-corrected chi connectivity index (χ4v) is 5.48. The third-order valence-corrected chi connectivity index (χ3v) is 7.55. The quantitative estimate of drug-likeness (QED) is 0.651. The number of hydrogen-bond donors (Lipinski definition) is 1. The van der Waals surface area contributed by atoms with Gasteiger partial charge in [-0.2, -0.15) is 0 Å². The number of anilines is 1. The Morgan fingerprint density at radius 3 is 2.61 bits per heavy atom. The molecule has 1 N–H and O–H groups in total. The van der Waals surface area contributed by atoms with Crippen LogP contribution in [0.25, 0.3) is 11.0 Å². The highest BCUT2D eigenvalue weighted by molar-refractivity contribution is 7.89. The van der Waals surface area contributed by atoms with Crippen LogP contribution in [0.5, 0.6) is 0 Å². The van der Waals surface area contributed by atoms with E-state index in [4.69, 9.17) is 0 Å². The van der Waals surface area contributed by atoms with E-state index in [2.05, 4.69) is 14.6 Å². The largest absolute Gasteiger partial charge is 0.348 e. The van der Waals surface area contributed by atoms with E-state index in [-0.39, 0.29) is 17.1 Å². The first kappa shape index (κ1) is 19.2. The van der Waals surface area contributed by atoms with Gasteiger partial charge < -0.3 is 4.90 Å². The summed E-state index contributed by atoms with van der Waals surface area (Å²) in [6.07, 6.45) is 2.94. The van der Waals surface area contributed by atoms with Crippen molar-refractivity contribution in [3.63, 3.8) is 0 Å². The van der Waals surface area contributed by atoms with Crippen molar-refractivity contribution >= 4 is 37.5 Å². The molecule has 1 aliphatic rings. The second-order valence-electron chi connectivity index (χ2n) is 7.01. The molecule has 0 aliphatic carbocycles. The molecule has 150 valence electrons. The first-order valence-corrected chi connectivity index (χ1v) is 11.6. The Bertz CT molecular complexity index is 1170. The summed E-state index contributed by atoms with van der Waals surface area (Å²) in [4.78, 5) is 19.1. The van der Waals surface area contributed by atoms with Crippen LogP contribution in [-0.4, -0.2) is 42.2 Å². The first-order chi connectivity index (χ1) is 13.4. The van der Waals surface area contributed by atoms with Gasteiger partial charge in [0.2, 0.25) is 10.0 Å². The Morgan fingerprint density at radius 1 is 1.14 bits per heavy atom. The van der Waals surface area contributed by atoms with Crippen molar-refractivity contribution < 1.29 is 8.42 Å². The van der Waals surface area contributed by atoms with Gasteiger partial charge in [0.05, 0.1) is 21.6 Å². The second-order valence-corrected chi connectivity index (χ2v) is 9.62. The molecule has 0 bridgehead atoms. The molecule has 0 spiro atoms. The molecule has 3 aromatic rings. The van der Waals surface area contributed by atoms with Crippen molar-refractivity contribution in [3.8, 4) is 0 Å². The SMILES string of the molecule is Cn1c(=O)n(C)c2cc(S(=O)(=O)NCCc3csc(N4CCCC4)n3)ccc21. The van der Waals surface area contributed by atoms with Crippen molar-refractivity contribution in [2.45, 2.75) is 24.2 Å². The number of fused-ring (bicyclic) bond motifs is 1. The minimum absolute atomic E-state index is 0.150. The van der Waals surface area contributed by atoms with Crippen LogP contribution in [0, 0.1) is 0 Å². The van der Waals surface area contributed by atoms with E-state index in [1.54, 1.807) is 31.5 Å². The molecule has 28 heavy (non-hydrogen) atoms. The maximum Gasteiger partial charge on any atom is 0.328 e. The molecule has 0 atom stereocenters. The van der Waals surface area contributed by atoms with Crippen molar-refractivity contribution in [3.05, 3.63) is 39.8 Å². The van der Waals surface area contributed by atoms with Crippen LogP contribution in [0.15, 0.2) is 33.3 Å². The van der Waals surface area contributed by atoms with Gasteiger partial charge in [0.25, 0.3) is 0 Å². The monoisotopic (exact) mass is 421 g/mol. The molecule has 1 aromatic carbocycles. The lowest BCUT2D eigenvalue weighted by Gasteiger charge is -2.12. The van der Waals surface area contributed by atoms with Gasteiger partial charge in [-0.1, -0.05) is 0 Å². The first-order valence-electron chi connectivity index (χ1n) is 9.21. The van der Waals surface area contributed by atoms with E-state index in [1.807, 2.05) is 5.38 Å². The minimum atomic E-state index is -3.66. The maximum atomic E-state index is 12.7. The van der Waals surface area contributed by atoms with Crippen LogP contribution in [-0.2, 0) is 30.5 Å². The highest BCUT2D eigenvalue weighted by Crippen LogP contribution is 2.24. The number of nitrogens with zero attached hydrogens (tertiary/aromatic N) is 4. The Hall–Kier alpha value is -2.17. The fraction of sp³-hybridized carbons (Fsp3) is 0.444. The molecule has 1 fully saturated rings. The highest BCUT2D eigenvalue weighted by Gasteiger charge is 2.18. The Morgan fingerprint density at radius 2 is 1.86 bits per heavy atom. The summed E-state index contributed by atoms with van der Waals surface area (Å²) in [5, 5.41) is 3.01. The zero-order valence-electron chi connectivity index (χ0n) is 15.9. The predicted molar refractivity (Wildman–Crippen MR) is 111 cm³/mol. The lowest BCUT2D eigenvalue weighted by molar-refractivity contribution is 0.581. The van der Waals surface area contributed by atoms with E-state index in [0.29, 0.717) is 17.5 Å². The average molecular weight is 422 g/mol. The lowest BCUT2D eigenvalue weighted by Crippen LogP contribution is -2.26. The molecule has 0 saturated carbocycles. The van der Waals surface area contributed by atoms with Gasteiger partial charge >= 0.3 is 5.69 Å². The van der Waals surface area contributed by atoms with Crippen LogP contribution in [0.4, 0.5) is 5.13 Å². The summed E-state index contributed by atoms with van der Waals surface area (Å²) in [6.45, 7) is 2.37. The number of benzene rings is 1. The van der Waals surface area contributed by atoms with E-state index in [0.717, 1.165) is 23.9 Å². The highest BCUT2D eigenvalue weighted by atomic mass is 32.2. The number of aromatic nitrogens is 3. The van der Waals surface area contributed by atoms with Crippen LogP contribution < -0.4 is 15.3 Å². The number of rotatable bonds is 6. The number of imidazole rings is 1. The summed E-state index contributed by atoms with van der Waals surface area (Å²) in [5.74, 6) is 0. The molecule has 1 saturated heterocycles. The van der Waals surface area contributed by atoms with E-state index in [1.165, 1.54) is 34.1 Å². The van der Waals surface area contributed by atoms with Crippen LogP contribution in [0.2, 0.25) is 0 Å². The summed E-state index contributed by atoms with van der Waals surface area (Å²) < 4.78 is 30.9. The summed E-state index contributed by atoms with van der Waals surface area (Å²) in [6, 6.07) is 4.72. The molecule has 0 amide bonds. The van der Waals surface area contributed by atoms with Gasteiger partial charge in [-0.05, 0) is 31.0 Å². The summed E-state index contributed by atoms with van der Waals surface area (Å²) in [5.41, 5.74) is 2.00. The lowest BCUT2D eigenvalue weighted by atomic mass is 10.3. The predicted octanol–water partition coefficient (Wildman–Crippen LogP) is 1.45. The molecule has 1 aliphatic heterocycles. The topological polar surface area (TPSA) is 89.2 Å². The number of aryl methyl sites for hydroxylation is 2. The summed E-state index contributed by atoms with van der Waals surface area (Å²) >= 11 is 1.61. The zero-order chi connectivity index (χ0) is 19.9. The third kappa shape index (κ3) is 3.47. The fourth-order valence-electron chi connectivity index (χ4n) is 3.52. The third-order valence-electron chi connectivity index (χ3n) is 5.14. The number of nitrogens with one attached hydrogen (secondary N) is 1. The Kier molecular flexibility index (Phi) is 5.02. The van der Waals surface area contributed by atoms with Crippen molar-refractivity contribution in [2.75, 3.05) is 24.5 Å². The number of hydrogen-bond acceptors (Lipinski definition) is 6. The zero-order valence-corrected chi connectivity index (χ0v) is 17.5. The van der Waals surface area contributed by atoms with Crippen molar-refractivity contribution in [2.24, 2.45) is 14.1 Å². The van der Waals surface area contributed by atoms with E-state index < -0.39 is 10.0 Å². The average Bonchev–Trinajstić information content (AvgIpc) is 3.40. The van der Waals surface area contributed by atoms with Crippen LogP contribution in [0.3, 0.4) is 0 Å². The van der Waals surface area contributed by atoms with Crippen molar-refractivity contribution in [1.29, 1.82) is 0 Å². The molecule has 10 heteroatoms. The molecule has 0 unspecified atom stereocenters. The minimum Gasteiger partial charge on any atom is -0.348 e. The molecular weight excluding hydrogens is 398 g/mol. The van der Waals surface area contributed by atoms with E-state index in [9.17, 15) is 13.2 Å². The summed E-state index contributed by atoms with van der Waals surface area (Å²) in [7, 11) is -0.359. The van der Waals surface area contributed by atoms with Crippen molar-refractivity contribution in [1.82, 2.24) is 18.8 Å². The van der Waals surface area contributed by atoms with Gasteiger partial charge in [-0.3, -0.25) is 9.13 Å². The van der Waals surface area contributed by atoms with Gasteiger partial charge in [-0.15, -0.1) is 11.3 Å². The number of thiazole rings is 1. The smallest absolute Gasteiger partial charge is 0.328 e. The maximum absolute atomic E-state index is 12.7. The molecular formula is C18H23N5O3S2. The van der Waals surface area contributed by atoms with Gasteiger partial charge in [0, 0.05) is 45.5 Å². The standard InChI is InChI=1S/C18H23N5O3S2/c1-21-15-6-5-14(11-16(15)22(2)18(21)24)28(25,26)19-8-7-13-12-27-17(20-13)23-9-3-4-10-23/h5-6,11-12,19H,3-4,7-10H2,1-2H3. The molecule has 4 rings (SSSR count). The number of sulfonamides is 1. The Labute approximate surface area is 167 Å². The van der Waals surface area contributed by atoms with E-state index >= 15 is 0 Å². The molecule has 3 heterocycles. The van der Waals surface area contributed by atoms with Gasteiger partial charge in [0.1, 0.15) is 0 Å². The Balaban J connectivity index is 1.45. The second kappa shape index (κ2) is 7.34. The normalized spacial score (nSPS) is 15.0. The molecule has 2 aromatic heterocycles. The van der Waals surface area contributed by atoms with Gasteiger partial charge in [0.15, 0.2) is 5.13 Å². The van der Waals surface area contributed by atoms with Crippen LogP contribution in [0.1, 0.15) is 18.5 Å². The van der Waals surface area contributed by atoms with Gasteiger partial charge in [-0.25, -0.2) is 22.9 Å². The van der Waals surface area contributed by atoms with Crippen LogP contribution >= 0.6 is 11.3 Å². The molecule has 0 radical (unpaired) electrons. The molecule has 8 nitrogen and oxygen atoms in total.